The Labute approximate surface area is 119 Å². The molecule has 0 aromatic carbocycles. The van der Waals surface area contributed by atoms with Crippen LogP contribution in [0.15, 0.2) is 0 Å². The molecular formula is C18H33N. The van der Waals surface area contributed by atoms with E-state index in [0.29, 0.717) is 10.8 Å². The van der Waals surface area contributed by atoms with Crippen molar-refractivity contribution in [3.63, 3.8) is 0 Å². The van der Waals surface area contributed by atoms with Crippen LogP contribution in [0, 0.1) is 28.6 Å². The fourth-order valence-electron chi connectivity index (χ4n) is 5.70. The van der Waals surface area contributed by atoms with Crippen LogP contribution in [-0.4, -0.2) is 12.1 Å². The highest BCUT2D eigenvalue weighted by Gasteiger charge is 2.59. The minimum atomic E-state index is 0.507. The Balaban J connectivity index is 1.75. The molecule has 0 radical (unpaired) electrons. The van der Waals surface area contributed by atoms with Gasteiger partial charge in [0.15, 0.2) is 0 Å². The molecule has 3 fully saturated rings. The molecule has 19 heavy (non-hydrogen) atoms. The molecule has 0 aromatic heterocycles. The molecule has 6 atom stereocenters. The van der Waals surface area contributed by atoms with Gasteiger partial charge in [-0.2, -0.15) is 0 Å². The summed E-state index contributed by atoms with van der Waals surface area (Å²) in [4.78, 5) is 0. The van der Waals surface area contributed by atoms with E-state index >= 15 is 0 Å². The van der Waals surface area contributed by atoms with Crippen LogP contribution in [0.1, 0.15) is 73.1 Å². The molecule has 110 valence electrons. The lowest BCUT2D eigenvalue weighted by Crippen LogP contribution is -2.56. The smallest absolute Gasteiger partial charge is 0.0177 e. The average molecular weight is 263 g/mol. The predicted molar refractivity (Wildman–Crippen MR) is 82.1 cm³/mol. The maximum atomic E-state index is 4.16. The summed E-state index contributed by atoms with van der Waals surface area (Å²) in [5.74, 6) is 2.75. The van der Waals surface area contributed by atoms with E-state index in [0.717, 1.165) is 29.8 Å². The quantitative estimate of drug-likeness (QED) is 0.767. The molecule has 0 spiro atoms. The lowest BCUT2D eigenvalue weighted by atomic mass is 9.67. The van der Waals surface area contributed by atoms with Crippen LogP contribution in [0.5, 0.6) is 0 Å². The molecule has 3 rings (SSSR count). The molecular weight excluding hydrogens is 230 g/mol. The minimum absolute atomic E-state index is 0.507. The van der Waals surface area contributed by atoms with E-state index in [1.165, 1.54) is 38.5 Å². The first-order chi connectivity index (χ1) is 8.83. The van der Waals surface area contributed by atoms with Crippen molar-refractivity contribution < 1.29 is 0 Å². The van der Waals surface area contributed by atoms with E-state index in [2.05, 4.69) is 39.9 Å². The van der Waals surface area contributed by atoms with Crippen molar-refractivity contribution in [1.29, 1.82) is 0 Å². The van der Waals surface area contributed by atoms with Gasteiger partial charge < -0.3 is 5.32 Å². The summed E-state index contributed by atoms with van der Waals surface area (Å²) in [6.45, 7) is 12.5. The van der Waals surface area contributed by atoms with Crippen molar-refractivity contribution >= 4 is 0 Å². The largest absolute Gasteiger partial charge is 0.310 e. The van der Waals surface area contributed by atoms with Gasteiger partial charge in [0.1, 0.15) is 0 Å². The van der Waals surface area contributed by atoms with Crippen molar-refractivity contribution in [2.75, 3.05) is 0 Å². The third kappa shape index (κ3) is 2.17. The van der Waals surface area contributed by atoms with Gasteiger partial charge in [0.25, 0.3) is 0 Å². The van der Waals surface area contributed by atoms with Crippen LogP contribution in [0.4, 0.5) is 0 Å². The molecule has 0 heterocycles. The maximum absolute atomic E-state index is 4.16. The normalized spacial score (nSPS) is 52.6. The van der Waals surface area contributed by atoms with Crippen LogP contribution < -0.4 is 5.32 Å². The Bertz CT molecular complexity index is 343. The lowest BCUT2D eigenvalue weighted by molar-refractivity contribution is 0.0767. The molecule has 3 aliphatic carbocycles. The maximum Gasteiger partial charge on any atom is 0.0177 e. The molecule has 3 aliphatic rings. The fraction of sp³-hybridized carbons (Fsp3) is 1.00. The number of fused-ring (bicyclic) bond motifs is 2. The van der Waals surface area contributed by atoms with E-state index in [-0.39, 0.29) is 0 Å². The molecule has 0 saturated heterocycles. The van der Waals surface area contributed by atoms with E-state index in [4.69, 9.17) is 0 Å². The Morgan fingerprint density at radius 1 is 1.00 bits per heavy atom. The van der Waals surface area contributed by atoms with Crippen LogP contribution in [0.25, 0.3) is 0 Å². The fourth-order valence-corrected chi connectivity index (χ4v) is 5.70. The highest BCUT2D eigenvalue weighted by molar-refractivity contribution is 5.12. The SMILES string of the molecule is CC1CCC(C)C(NC2C3(C)CCC(C3)C2(C)C)C1. The summed E-state index contributed by atoms with van der Waals surface area (Å²) in [7, 11) is 0. The monoisotopic (exact) mass is 263 g/mol. The van der Waals surface area contributed by atoms with Gasteiger partial charge in [-0.15, -0.1) is 0 Å². The van der Waals surface area contributed by atoms with Crippen molar-refractivity contribution in [2.45, 2.75) is 85.2 Å². The summed E-state index contributed by atoms with van der Waals surface area (Å²) in [5, 5.41) is 4.16. The van der Waals surface area contributed by atoms with E-state index in [1.807, 2.05) is 0 Å². The van der Waals surface area contributed by atoms with Crippen LogP contribution in [0.2, 0.25) is 0 Å². The standard InChI is InChI=1S/C18H33N/c1-12-6-7-13(2)15(10-12)19-16-17(3,4)14-8-9-18(16,5)11-14/h12-16,19H,6-11H2,1-5H3. The Morgan fingerprint density at radius 3 is 2.37 bits per heavy atom. The Hall–Kier alpha value is -0.0400. The van der Waals surface area contributed by atoms with E-state index in [9.17, 15) is 0 Å². The van der Waals surface area contributed by atoms with Crippen LogP contribution in [0.3, 0.4) is 0 Å². The molecule has 0 amide bonds. The summed E-state index contributed by atoms with van der Waals surface area (Å²) in [6, 6.07) is 1.51. The summed E-state index contributed by atoms with van der Waals surface area (Å²) >= 11 is 0. The Kier molecular flexibility index (Phi) is 3.28. The van der Waals surface area contributed by atoms with Gasteiger partial charge in [0.05, 0.1) is 0 Å². The van der Waals surface area contributed by atoms with Crippen LogP contribution >= 0.6 is 0 Å². The zero-order valence-corrected chi connectivity index (χ0v) is 13.6. The molecule has 0 aliphatic heterocycles. The molecule has 2 bridgehead atoms. The van der Waals surface area contributed by atoms with Crippen molar-refractivity contribution in [2.24, 2.45) is 28.6 Å². The minimum Gasteiger partial charge on any atom is -0.310 e. The van der Waals surface area contributed by atoms with Gasteiger partial charge >= 0.3 is 0 Å². The topological polar surface area (TPSA) is 12.0 Å². The highest BCUT2D eigenvalue weighted by atomic mass is 15.0. The Morgan fingerprint density at radius 2 is 1.74 bits per heavy atom. The predicted octanol–water partition coefficient (Wildman–Crippen LogP) is 4.62. The summed E-state index contributed by atoms with van der Waals surface area (Å²) in [5.41, 5.74) is 1.09. The molecule has 1 heteroatoms. The van der Waals surface area contributed by atoms with Crippen molar-refractivity contribution in [1.82, 2.24) is 5.32 Å². The molecule has 6 unspecified atom stereocenters. The number of hydrogen-bond acceptors (Lipinski definition) is 1. The first kappa shape index (κ1) is 13.9. The van der Waals surface area contributed by atoms with E-state index in [1.54, 1.807) is 0 Å². The van der Waals surface area contributed by atoms with Crippen molar-refractivity contribution in [3.8, 4) is 0 Å². The van der Waals surface area contributed by atoms with Gasteiger partial charge in [-0.05, 0) is 60.7 Å². The second-order valence-corrected chi connectivity index (χ2v) is 9.02. The second-order valence-electron chi connectivity index (χ2n) is 9.02. The summed E-state index contributed by atoms with van der Waals surface area (Å²) in [6.07, 6.45) is 8.65. The highest BCUT2D eigenvalue weighted by Crippen LogP contribution is 2.62. The lowest BCUT2D eigenvalue weighted by Gasteiger charge is -2.47. The molecule has 0 aromatic rings. The third-order valence-corrected chi connectivity index (χ3v) is 7.11. The third-order valence-electron chi connectivity index (χ3n) is 7.11. The summed E-state index contributed by atoms with van der Waals surface area (Å²) < 4.78 is 0. The zero-order chi connectivity index (χ0) is 13.8. The van der Waals surface area contributed by atoms with Gasteiger partial charge in [-0.1, -0.05) is 41.0 Å². The first-order valence-electron chi connectivity index (χ1n) is 8.59. The van der Waals surface area contributed by atoms with E-state index < -0.39 is 0 Å². The van der Waals surface area contributed by atoms with Crippen LogP contribution in [-0.2, 0) is 0 Å². The van der Waals surface area contributed by atoms with Gasteiger partial charge in [-0.3, -0.25) is 0 Å². The van der Waals surface area contributed by atoms with Gasteiger partial charge in [0.2, 0.25) is 0 Å². The van der Waals surface area contributed by atoms with Gasteiger partial charge in [-0.25, -0.2) is 0 Å². The number of nitrogens with one attached hydrogen (secondary N) is 1. The van der Waals surface area contributed by atoms with Gasteiger partial charge in [0, 0.05) is 12.1 Å². The molecule has 1 N–H and O–H groups in total. The first-order valence-corrected chi connectivity index (χ1v) is 8.59. The average Bonchev–Trinajstić information content (AvgIpc) is 2.80. The van der Waals surface area contributed by atoms with Crippen molar-refractivity contribution in [3.05, 3.63) is 0 Å². The number of rotatable bonds is 2. The molecule has 1 nitrogen and oxygen atoms in total. The number of hydrogen-bond donors (Lipinski definition) is 1. The zero-order valence-electron chi connectivity index (χ0n) is 13.6. The molecule has 3 saturated carbocycles. The second kappa shape index (κ2) is 4.48.